The third-order valence-corrected chi connectivity index (χ3v) is 3.41. The van der Waals surface area contributed by atoms with Crippen LogP contribution in [0.3, 0.4) is 0 Å². The van der Waals surface area contributed by atoms with E-state index in [0.717, 1.165) is 12.8 Å². The number of carboxylic acid groups (broad SMARTS) is 1. The molecule has 3 unspecified atom stereocenters. The molecule has 0 spiro atoms. The summed E-state index contributed by atoms with van der Waals surface area (Å²) < 4.78 is 10.6. The first-order chi connectivity index (χ1) is 8.13. The smallest absolute Gasteiger partial charge is 0.320 e. The van der Waals surface area contributed by atoms with Crippen molar-refractivity contribution < 1.29 is 19.4 Å². The molecule has 1 aliphatic heterocycles. The fourth-order valence-corrected chi connectivity index (χ4v) is 2.34. The van der Waals surface area contributed by atoms with Gasteiger partial charge in [0.15, 0.2) is 0 Å². The monoisotopic (exact) mass is 245 g/mol. The van der Waals surface area contributed by atoms with Gasteiger partial charge in [-0.2, -0.15) is 0 Å². The predicted molar refractivity (Wildman–Crippen MR) is 64.1 cm³/mol. The van der Waals surface area contributed by atoms with Crippen molar-refractivity contribution in [2.75, 3.05) is 27.3 Å². The van der Waals surface area contributed by atoms with Gasteiger partial charge in [0.25, 0.3) is 0 Å². The first kappa shape index (κ1) is 14.4. The molecule has 0 aromatic carbocycles. The van der Waals surface area contributed by atoms with Gasteiger partial charge in [0.1, 0.15) is 6.04 Å². The fraction of sp³-hybridized carbons (Fsp3) is 0.917. The molecule has 100 valence electrons. The van der Waals surface area contributed by atoms with Crippen LogP contribution >= 0.6 is 0 Å². The van der Waals surface area contributed by atoms with Crippen LogP contribution in [-0.2, 0) is 14.3 Å². The minimum atomic E-state index is -0.745. The number of ether oxygens (including phenoxy) is 2. The zero-order valence-corrected chi connectivity index (χ0v) is 10.9. The number of methoxy groups -OCH3 is 2. The Bertz CT molecular complexity index is 235. The molecule has 3 atom stereocenters. The van der Waals surface area contributed by atoms with Crippen LogP contribution in [0.25, 0.3) is 0 Å². The molecule has 1 rings (SSSR count). The maximum atomic E-state index is 11.3. The van der Waals surface area contributed by atoms with Crippen molar-refractivity contribution >= 4 is 5.97 Å². The van der Waals surface area contributed by atoms with Gasteiger partial charge in [-0.1, -0.05) is 19.8 Å². The Labute approximate surface area is 103 Å². The lowest BCUT2D eigenvalue weighted by atomic mass is 10.1. The Morgan fingerprint density at radius 2 is 1.88 bits per heavy atom. The molecule has 5 nitrogen and oxygen atoms in total. The van der Waals surface area contributed by atoms with E-state index in [1.54, 1.807) is 14.2 Å². The molecule has 0 radical (unpaired) electrons. The molecule has 17 heavy (non-hydrogen) atoms. The maximum Gasteiger partial charge on any atom is 0.320 e. The summed E-state index contributed by atoms with van der Waals surface area (Å²) in [4.78, 5) is 13.2. The molecular formula is C12H23NO4. The average molecular weight is 245 g/mol. The summed E-state index contributed by atoms with van der Waals surface area (Å²) in [7, 11) is 3.28. The zero-order chi connectivity index (χ0) is 12.8. The van der Waals surface area contributed by atoms with Gasteiger partial charge < -0.3 is 14.6 Å². The third-order valence-electron chi connectivity index (χ3n) is 3.41. The topological polar surface area (TPSA) is 59.0 Å². The van der Waals surface area contributed by atoms with Crippen LogP contribution in [0.1, 0.15) is 26.2 Å². The van der Waals surface area contributed by atoms with Gasteiger partial charge in [0.05, 0.1) is 12.2 Å². The normalized spacial score (nSPS) is 27.2. The maximum absolute atomic E-state index is 11.3. The molecule has 1 saturated heterocycles. The second-order valence-electron chi connectivity index (χ2n) is 4.50. The Kier molecular flexibility index (Phi) is 5.88. The second-order valence-corrected chi connectivity index (χ2v) is 4.50. The van der Waals surface area contributed by atoms with E-state index in [1.165, 1.54) is 0 Å². The second kappa shape index (κ2) is 6.93. The first-order valence-electron chi connectivity index (χ1n) is 6.16. The molecule has 0 amide bonds. The summed E-state index contributed by atoms with van der Waals surface area (Å²) in [6, 6.07) is -0.409. The van der Waals surface area contributed by atoms with Crippen LogP contribution in [0.15, 0.2) is 0 Å². The van der Waals surface area contributed by atoms with Crippen LogP contribution in [0.4, 0.5) is 0 Å². The molecule has 1 aliphatic rings. The van der Waals surface area contributed by atoms with Crippen LogP contribution < -0.4 is 0 Å². The van der Waals surface area contributed by atoms with E-state index in [1.807, 2.05) is 4.90 Å². The van der Waals surface area contributed by atoms with Crippen molar-refractivity contribution in [1.29, 1.82) is 0 Å². The molecule has 5 heteroatoms. The number of hydrogen-bond donors (Lipinski definition) is 1. The minimum Gasteiger partial charge on any atom is -0.480 e. The highest BCUT2D eigenvalue weighted by atomic mass is 16.5. The summed E-state index contributed by atoms with van der Waals surface area (Å²) in [6.45, 7) is 3.34. The van der Waals surface area contributed by atoms with E-state index in [-0.39, 0.29) is 12.2 Å². The lowest BCUT2D eigenvalue weighted by molar-refractivity contribution is -0.143. The number of rotatable bonds is 7. The Morgan fingerprint density at radius 3 is 2.24 bits per heavy atom. The van der Waals surface area contributed by atoms with Gasteiger partial charge in [-0.15, -0.1) is 0 Å². The van der Waals surface area contributed by atoms with Crippen LogP contribution in [0.5, 0.6) is 0 Å². The van der Waals surface area contributed by atoms with Gasteiger partial charge in [-0.3, -0.25) is 9.69 Å². The number of hydrogen-bond acceptors (Lipinski definition) is 4. The van der Waals surface area contributed by atoms with E-state index in [9.17, 15) is 9.90 Å². The molecule has 0 aliphatic carbocycles. The summed E-state index contributed by atoms with van der Waals surface area (Å²) in [5, 5.41) is 9.25. The summed E-state index contributed by atoms with van der Waals surface area (Å²) in [5.74, 6) is -0.745. The quantitative estimate of drug-likeness (QED) is 0.724. The van der Waals surface area contributed by atoms with E-state index >= 15 is 0 Å². The lowest BCUT2D eigenvalue weighted by Gasteiger charge is -2.23. The van der Waals surface area contributed by atoms with Crippen molar-refractivity contribution in [3.63, 3.8) is 0 Å². The third kappa shape index (κ3) is 3.66. The molecular weight excluding hydrogens is 222 g/mol. The molecule has 0 bridgehead atoms. The Morgan fingerprint density at radius 1 is 1.35 bits per heavy atom. The molecule has 1 fully saturated rings. The fourth-order valence-electron chi connectivity index (χ4n) is 2.34. The van der Waals surface area contributed by atoms with Crippen molar-refractivity contribution in [2.45, 2.75) is 44.4 Å². The SMILES string of the molecule is CCCCC(C(=O)O)N1CC(OC)C(OC)C1. The van der Waals surface area contributed by atoms with E-state index in [4.69, 9.17) is 9.47 Å². The largest absolute Gasteiger partial charge is 0.480 e. The Hall–Kier alpha value is -0.650. The van der Waals surface area contributed by atoms with Crippen LogP contribution in [0.2, 0.25) is 0 Å². The van der Waals surface area contributed by atoms with Gasteiger partial charge in [0, 0.05) is 27.3 Å². The summed E-state index contributed by atoms with van der Waals surface area (Å²) in [6.07, 6.45) is 2.59. The highest BCUT2D eigenvalue weighted by molar-refractivity contribution is 5.73. The number of likely N-dealkylation sites (tertiary alicyclic amines) is 1. The van der Waals surface area contributed by atoms with Crippen molar-refractivity contribution in [1.82, 2.24) is 4.90 Å². The van der Waals surface area contributed by atoms with E-state index < -0.39 is 12.0 Å². The van der Waals surface area contributed by atoms with Crippen molar-refractivity contribution in [3.8, 4) is 0 Å². The summed E-state index contributed by atoms with van der Waals surface area (Å²) in [5.41, 5.74) is 0. The average Bonchev–Trinajstić information content (AvgIpc) is 2.72. The molecule has 1 heterocycles. The Balaban J connectivity index is 2.60. The van der Waals surface area contributed by atoms with Crippen LogP contribution in [-0.4, -0.2) is 61.5 Å². The highest BCUT2D eigenvalue weighted by Gasteiger charge is 2.38. The first-order valence-corrected chi connectivity index (χ1v) is 6.16. The molecule has 0 saturated carbocycles. The predicted octanol–water partition coefficient (Wildman–Crippen LogP) is 0.975. The minimum absolute atomic E-state index is 0.0246. The van der Waals surface area contributed by atoms with Crippen molar-refractivity contribution in [3.05, 3.63) is 0 Å². The number of unbranched alkanes of at least 4 members (excludes halogenated alkanes) is 1. The number of nitrogens with zero attached hydrogens (tertiary/aromatic N) is 1. The van der Waals surface area contributed by atoms with Gasteiger partial charge >= 0.3 is 5.97 Å². The lowest BCUT2D eigenvalue weighted by Crippen LogP contribution is -2.40. The molecule has 0 aromatic rings. The number of carbonyl (C=O) groups is 1. The van der Waals surface area contributed by atoms with Gasteiger partial charge in [-0.25, -0.2) is 0 Å². The molecule has 0 aromatic heterocycles. The highest BCUT2D eigenvalue weighted by Crippen LogP contribution is 2.21. The molecule has 1 N–H and O–H groups in total. The van der Waals surface area contributed by atoms with Crippen molar-refractivity contribution in [2.24, 2.45) is 0 Å². The number of aliphatic carboxylic acids is 1. The van der Waals surface area contributed by atoms with Gasteiger partial charge in [0.2, 0.25) is 0 Å². The van der Waals surface area contributed by atoms with Gasteiger partial charge in [-0.05, 0) is 6.42 Å². The number of carboxylic acids is 1. The van der Waals surface area contributed by atoms with E-state index in [0.29, 0.717) is 19.5 Å². The van der Waals surface area contributed by atoms with E-state index in [2.05, 4.69) is 6.92 Å². The van der Waals surface area contributed by atoms with Crippen LogP contribution in [0, 0.1) is 0 Å². The zero-order valence-electron chi connectivity index (χ0n) is 10.9. The standard InChI is InChI=1S/C12H23NO4/c1-4-5-6-9(12(14)15)13-7-10(16-2)11(8-13)17-3/h9-11H,4-8H2,1-3H3,(H,14,15). The summed E-state index contributed by atoms with van der Waals surface area (Å²) >= 11 is 0.